The molecule has 0 aliphatic heterocycles. The number of nitrogens with one attached hydrogen (secondary N) is 1. The molecule has 6 heteroatoms. The van der Waals surface area contributed by atoms with Crippen LogP contribution in [0.15, 0.2) is 12.2 Å². The van der Waals surface area contributed by atoms with Crippen molar-refractivity contribution in [2.45, 2.75) is 309 Å². The van der Waals surface area contributed by atoms with Crippen LogP contribution in [-0.4, -0.2) is 47.4 Å². The fourth-order valence-corrected chi connectivity index (χ4v) is 8.40. The van der Waals surface area contributed by atoms with Crippen molar-refractivity contribution in [1.82, 2.24) is 5.32 Å². The van der Waals surface area contributed by atoms with E-state index in [1.165, 1.54) is 231 Å². The van der Waals surface area contributed by atoms with E-state index in [0.717, 1.165) is 38.5 Å². The number of carbonyl (C=O) groups excluding carboxylic acids is 2. The van der Waals surface area contributed by atoms with Crippen LogP contribution >= 0.6 is 0 Å². The Labute approximate surface area is 374 Å². The topological polar surface area (TPSA) is 95.9 Å². The van der Waals surface area contributed by atoms with Crippen molar-refractivity contribution >= 4 is 11.9 Å². The van der Waals surface area contributed by atoms with Crippen LogP contribution in [0.25, 0.3) is 0 Å². The Balaban J connectivity index is 3.42. The van der Waals surface area contributed by atoms with Crippen molar-refractivity contribution < 1.29 is 24.5 Å². The zero-order valence-electron chi connectivity index (χ0n) is 40.5. The van der Waals surface area contributed by atoms with E-state index in [1.54, 1.807) is 6.08 Å². The molecule has 0 aliphatic carbocycles. The van der Waals surface area contributed by atoms with Crippen molar-refractivity contribution in [2.75, 3.05) is 13.2 Å². The van der Waals surface area contributed by atoms with E-state index in [0.29, 0.717) is 19.4 Å². The average Bonchev–Trinajstić information content (AvgIpc) is 3.25. The Morgan fingerprint density at radius 2 is 0.767 bits per heavy atom. The molecule has 0 heterocycles. The molecule has 1 amide bonds. The molecule has 0 saturated carbocycles. The zero-order valence-corrected chi connectivity index (χ0v) is 40.5. The third-order valence-electron chi connectivity index (χ3n) is 12.6. The molecule has 0 saturated heterocycles. The number of unbranched alkanes of at least 4 members (excludes halogenated alkanes) is 39. The molecule has 0 rings (SSSR count). The van der Waals surface area contributed by atoms with Gasteiger partial charge >= 0.3 is 5.97 Å². The van der Waals surface area contributed by atoms with Gasteiger partial charge in [-0.25, -0.2) is 0 Å². The first-order chi connectivity index (χ1) is 29.5. The van der Waals surface area contributed by atoms with Gasteiger partial charge in [0.2, 0.25) is 5.91 Å². The Morgan fingerprint density at radius 1 is 0.450 bits per heavy atom. The lowest BCUT2D eigenvalue weighted by Crippen LogP contribution is -2.45. The maximum atomic E-state index is 12.4. The van der Waals surface area contributed by atoms with Gasteiger partial charge in [-0.15, -0.1) is 0 Å². The maximum Gasteiger partial charge on any atom is 0.305 e. The number of hydrogen-bond donors (Lipinski definition) is 3. The molecule has 6 nitrogen and oxygen atoms in total. The Bertz CT molecular complexity index is 893. The maximum absolute atomic E-state index is 12.4. The second-order valence-electron chi connectivity index (χ2n) is 18.6. The van der Waals surface area contributed by atoms with E-state index < -0.39 is 12.1 Å². The molecule has 356 valence electrons. The number of ether oxygens (including phenoxy) is 1. The molecule has 0 fully saturated rings. The number of carbonyl (C=O) groups is 2. The fraction of sp³-hybridized carbons (Fsp3) is 0.926. The van der Waals surface area contributed by atoms with Crippen LogP contribution in [0.3, 0.4) is 0 Å². The summed E-state index contributed by atoms with van der Waals surface area (Å²) in [6.07, 6.45) is 57.9. The number of aliphatic hydroxyl groups excluding tert-OH is 2. The number of hydrogen-bond acceptors (Lipinski definition) is 5. The van der Waals surface area contributed by atoms with Crippen LogP contribution in [-0.2, 0) is 14.3 Å². The highest BCUT2D eigenvalue weighted by molar-refractivity contribution is 5.76. The first-order valence-electron chi connectivity index (χ1n) is 27.0. The van der Waals surface area contributed by atoms with Crippen LogP contribution in [0.4, 0.5) is 0 Å². The smallest absolute Gasteiger partial charge is 0.305 e. The largest absolute Gasteiger partial charge is 0.466 e. The van der Waals surface area contributed by atoms with Gasteiger partial charge < -0.3 is 20.3 Å². The van der Waals surface area contributed by atoms with Gasteiger partial charge in [0.15, 0.2) is 0 Å². The summed E-state index contributed by atoms with van der Waals surface area (Å²) >= 11 is 0. The molecular weight excluding hydrogens is 743 g/mol. The summed E-state index contributed by atoms with van der Waals surface area (Å²) in [6, 6.07) is -0.629. The van der Waals surface area contributed by atoms with E-state index in [1.807, 2.05) is 6.08 Å². The van der Waals surface area contributed by atoms with E-state index >= 15 is 0 Å². The van der Waals surface area contributed by atoms with Crippen molar-refractivity contribution in [3.8, 4) is 0 Å². The van der Waals surface area contributed by atoms with E-state index in [-0.39, 0.29) is 18.5 Å². The second-order valence-corrected chi connectivity index (χ2v) is 18.6. The number of rotatable bonds is 50. The Hall–Kier alpha value is -1.40. The summed E-state index contributed by atoms with van der Waals surface area (Å²) in [4.78, 5) is 24.4. The number of allylic oxidation sites excluding steroid dienone is 1. The summed E-state index contributed by atoms with van der Waals surface area (Å²) in [5.74, 6) is -0.0641. The molecule has 0 aliphatic rings. The van der Waals surface area contributed by atoms with E-state index in [9.17, 15) is 19.8 Å². The monoisotopic (exact) mass is 848 g/mol. The van der Waals surface area contributed by atoms with Gasteiger partial charge in [-0.1, -0.05) is 264 Å². The minimum atomic E-state index is -0.845. The van der Waals surface area contributed by atoms with Gasteiger partial charge in [-0.2, -0.15) is 0 Å². The highest BCUT2D eigenvalue weighted by Gasteiger charge is 2.18. The normalized spacial score (nSPS) is 12.7. The van der Waals surface area contributed by atoms with Crippen molar-refractivity contribution in [3.05, 3.63) is 12.2 Å². The fourth-order valence-electron chi connectivity index (χ4n) is 8.40. The van der Waals surface area contributed by atoms with Crippen LogP contribution < -0.4 is 5.32 Å². The molecule has 0 spiro atoms. The summed E-state index contributed by atoms with van der Waals surface area (Å²) in [5.41, 5.74) is 0. The number of aliphatic hydroxyl groups is 2. The van der Waals surface area contributed by atoms with Gasteiger partial charge in [-0.05, 0) is 32.1 Å². The molecule has 0 aromatic rings. The van der Waals surface area contributed by atoms with E-state index in [2.05, 4.69) is 19.2 Å². The first kappa shape index (κ1) is 58.6. The minimum absolute atomic E-state index is 0.00726. The molecule has 0 aromatic heterocycles. The average molecular weight is 848 g/mol. The molecule has 2 atom stereocenters. The lowest BCUT2D eigenvalue weighted by molar-refractivity contribution is -0.143. The lowest BCUT2D eigenvalue weighted by atomic mass is 10.0. The first-order valence-corrected chi connectivity index (χ1v) is 27.0. The van der Waals surface area contributed by atoms with Crippen molar-refractivity contribution in [3.63, 3.8) is 0 Å². The van der Waals surface area contributed by atoms with Crippen molar-refractivity contribution in [2.24, 2.45) is 0 Å². The Morgan fingerprint density at radius 3 is 1.13 bits per heavy atom. The summed E-state index contributed by atoms with van der Waals surface area (Å²) < 4.78 is 5.46. The van der Waals surface area contributed by atoms with Crippen molar-refractivity contribution in [1.29, 1.82) is 0 Å². The molecule has 0 bridgehead atoms. The molecule has 60 heavy (non-hydrogen) atoms. The van der Waals surface area contributed by atoms with Crippen LogP contribution in [0.1, 0.15) is 296 Å². The predicted molar refractivity (Wildman–Crippen MR) is 260 cm³/mol. The second kappa shape index (κ2) is 50.2. The lowest BCUT2D eigenvalue weighted by Gasteiger charge is -2.20. The molecular formula is C54H105NO5. The quantitative estimate of drug-likeness (QED) is 0.0322. The Kier molecular flexibility index (Phi) is 49.1. The van der Waals surface area contributed by atoms with Gasteiger partial charge in [0.25, 0.3) is 0 Å². The van der Waals surface area contributed by atoms with Crippen LogP contribution in [0, 0.1) is 0 Å². The SMILES string of the molecule is CCCCCCCCCCCCC/C=C/C(O)C(CO)NC(=O)CCCCCCCCCCCCCCCCCCCCOC(=O)CCCCCCCCCCCCCC. The molecule has 0 aromatic carbocycles. The van der Waals surface area contributed by atoms with E-state index in [4.69, 9.17) is 4.74 Å². The molecule has 0 radical (unpaired) electrons. The van der Waals surface area contributed by atoms with Crippen LogP contribution in [0.2, 0.25) is 0 Å². The third kappa shape index (κ3) is 46.1. The zero-order chi connectivity index (χ0) is 43.7. The van der Waals surface area contributed by atoms with Gasteiger partial charge in [-0.3, -0.25) is 9.59 Å². The van der Waals surface area contributed by atoms with Crippen LogP contribution in [0.5, 0.6) is 0 Å². The number of amides is 1. The van der Waals surface area contributed by atoms with Gasteiger partial charge in [0, 0.05) is 12.8 Å². The highest BCUT2D eigenvalue weighted by atomic mass is 16.5. The summed E-state index contributed by atoms with van der Waals surface area (Å²) in [6.45, 7) is 4.90. The minimum Gasteiger partial charge on any atom is -0.466 e. The summed E-state index contributed by atoms with van der Waals surface area (Å²) in [5, 5.41) is 23.0. The third-order valence-corrected chi connectivity index (χ3v) is 12.6. The highest BCUT2D eigenvalue weighted by Crippen LogP contribution is 2.17. The summed E-state index contributed by atoms with van der Waals surface area (Å²) in [7, 11) is 0. The van der Waals surface area contributed by atoms with Gasteiger partial charge in [0.1, 0.15) is 0 Å². The van der Waals surface area contributed by atoms with Gasteiger partial charge in [0.05, 0.1) is 25.4 Å². The molecule has 2 unspecified atom stereocenters. The standard InChI is InChI=1S/C54H105NO5/c1-3-5-7-9-11-13-15-23-26-30-34-38-42-46-52(57)51(50-56)55-53(58)47-43-39-35-31-27-24-21-19-17-18-20-22-25-29-33-37-41-45-49-60-54(59)48-44-40-36-32-28-16-14-12-10-8-6-4-2/h42,46,51-52,56-57H,3-41,43-45,47-50H2,1-2H3,(H,55,58)/b46-42+. The molecule has 3 N–H and O–H groups in total. The predicted octanol–water partition coefficient (Wildman–Crippen LogP) is 16.1. The number of esters is 1.